The molecule has 0 rings (SSSR count). The largest absolute Gasteiger partial charge is 0.210 e. The fourth-order valence-corrected chi connectivity index (χ4v) is 0.369. The zero-order chi connectivity index (χ0) is 6.41. The van der Waals surface area contributed by atoms with Gasteiger partial charge in [0, 0.05) is 0 Å². The molecular weight excluding hydrogens is 104 g/mol. The van der Waals surface area contributed by atoms with E-state index >= 15 is 0 Å². The maximum absolute atomic E-state index is 6.43. The van der Waals surface area contributed by atoms with Crippen LogP contribution in [-0.2, 0) is 0 Å². The van der Waals surface area contributed by atoms with E-state index in [-0.39, 0.29) is 5.92 Å². The van der Waals surface area contributed by atoms with E-state index in [1.165, 1.54) is 0 Å². The van der Waals surface area contributed by atoms with Crippen molar-refractivity contribution < 1.29 is 0 Å². The van der Waals surface area contributed by atoms with Crippen molar-refractivity contribution in [1.82, 2.24) is 0 Å². The van der Waals surface area contributed by atoms with Gasteiger partial charge in [-0.2, -0.15) is 10.2 Å². The molecule has 0 aliphatic heterocycles. The number of hydrogen-bond acceptors (Lipinski definition) is 4. The number of hydrogen-bond donors (Lipinski definition) is 2. The lowest BCUT2D eigenvalue weighted by molar-refractivity contribution is 0.571. The molecule has 0 saturated heterocycles. The van der Waals surface area contributed by atoms with E-state index in [4.69, 9.17) is 11.1 Å². The van der Waals surface area contributed by atoms with Crippen LogP contribution in [0.25, 0.3) is 0 Å². The second-order valence-electron chi connectivity index (χ2n) is 1.79. The second-order valence-corrected chi connectivity index (χ2v) is 1.79. The Morgan fingerprint density at radius 1 is 1.25 bits per heavy atom. The summed E-state index contributed by atoms with van der Waals surface area (Å²) in [5.74, 6) is 0.255. The van der Waals surface area contributed by atoms with Crippen molar-refractivity contribution >= 4 is 0 Å². The molecule has 0 bridgehead atoms. The first-order valence-electron chi connectivity index (χ1n) is 2.47. The molecular formula is C4H10N4. The van der Waals surface area contributed by atoms with E-state index in [2.05, 4.69) is 10.2 Å². The van der Waals surface area contributed by atoms with Gasteiger partial charge in [-0.1, -0.05) is 6.92 Å². The van der Waals surface area contributed by atoms with Crippen LogP contribution < -0.4 is 0 Å². The highest BCUT2D eigenvalue weighted by molar-refractivity contribution is 4.53. The molecule has 0 heterocycles. The molecule has 4 nitrogen and oxygen atoms in total. The molecule has 4 heteroatoms. The Kier molecular flexibility index (Phi) is 3.93. The second kappa shape index (κ2) is 4.36. The highest BCUT2D eigenvalue weighted by Crippen LogP contribution is 1.93. The van der Waals surface area contributed by atoms with E-state index in [1.54, 1.807) is 0 Å². The summed E-state index contributed by atoms with van der Waals surface area (Å²) in [5, 5.41) is 6.32. The lowest BCUT2D eigenvalue weighted by Gasteiger charge is -1.98. The molecule has 0 unspecified atom stereocenters. The van der Waals surface area contributed by atoms with Gasteiger partial charge in [0.25, 0.3) is 0 Å². The normalized spacial score (nSPS) is 12.6. The van der Waals surface area contributed by atoms with E-state index in [1.807, 2.05) is 6.92 Å². The number of rotatable bonds is 4. The first kappa shape index (κ1) is 7.20. The van der Waals surface area contributed by atoms with Gasteiger partial charge in [0.2, 0.25) is 0 Å². The predicted molar refractivity (Wildman–Crippen MR) is 29.2 cm³/mol. The van der Waals surface area contributed by atoms with Crippen LogP contribution in [0, 0.1) is 17.0 Å². The van der Waals surface area contributed by atoms with Crippen LogP contribution in [-0.4, -0.2) is 13.1 Å². The van der Waals surface area contributed by atoms with Crippen molar-refractivity contribution in [3.05, 3.63) is 0 Å². The molecule has 0 aromatic carbocycles. The van der Waals surface area contributed by atoms with E-state index in [0.29, 0.717) is 13.1 Å². The average molecular weight is 114 g/mol. The maximum Gasteiger partial charge on any atom is 0.0640 e. The van der Waals surface area contributed by atoms with Crippen molar-refractivity contribution in [2.45, 2.75) is 6.92 Å². The lowest BCUT2D eigenvalue weighted by Crippen LogP contribution is -2.01. The van der Waals surface area contributed by atoms with Crippen LogP contribution in [0.15, 0.2) is 10.2 Å². The van der Waals surface area contributed by atoms with Gasteiger partial charge in [0.1, 0.15) is 0 Å². The molecule has 46 valence electrons. The SMILES string of the molecule is CC(CN=N)CN=N. The van der Waals surface area contributed by atoms with E-state index in [0.717, 1.165) is 0 Å². The molecule has 0 aromatic rings. The summed E-state index contributed by atoms with van der Waals surface area (Å²) in [4.78, 5) is 0. The smallest absolute Gasteiger partial charge is 0.0640 e. The summed E-state index contributed by atoms with van der Waals surface area (Å²) < 4.78 is 0. The lowest BCUT2D eigenvalue weighted by atomic mass is 10.2. The third-order valence-corrected chi connectivity index (χ3v) is 0.806. The summed E-state index contributed by atoms with van der Waals surface area (Å²) in [7, 11) is 0. The highest BCUT2D eigenvalue weighted by Gasteiger charge is 1.96. The minimum absolute atomic E-state index is 0.255. The third kappa shape index (κ3) is 3.39. The first-order chi connectivity index (χ1) is 3.81. The minimum atomic E-state index is 0.255. The standard InChI is InChI=1S/C4H10N4/c1-4(2-7-5)3-8-6/h4-6H,2-3H2,1H3. The van der Waals surface area contributed by atoms with Crippen molar-refractivity contribution in [2.24, 2.45) is 16.1 Å². The van der Waals surface area contributed by atoms with Crippen molar-refractivity contribution in [3.8, 4) is 0 Å². The Bertz CT molecular complexity index is 70.1. The maximum atomic E-state index is 6.43. The Hall–Kier alpha value is -0.800. The quantitative estimate of drug-likeness (QED) is 0.522. The molecule has 0 amide bonds. The summed E-state index contributed by atoms with van der Waals surface area (Å²) in [6.45, 7) is 2.89. The van der Waals surface area contributed by atoms with E-state index in [9.17, 15) is 0 Å². The number of nitrogens with one attached hydrogen (secondary N) is 2. The fraction of sp³-hybridized carbons (Fsp3) is 1.00. The zero-order valence-electron chi connectivity index (χ0n) is 4.89. The molecule has 8 heavy (non-hydrogen) atoms. The first-order valence-corrected chi connectivity index (χ1v) is 2.47. The third-order valence-electron chi connectivity index (χ3n) is 0.806. The van der Waals surface area contributed by atoms with E-state index < -0.39 is 0 Å². The predicted octanol–water partition coefficient (Wildman–Crippen LogP) is 1.68. The zero-order valence-corrected chi connectivity index (χ0v) is 4.89. The van der Waals surface area contributed by atoms with Gasteiger partial charge in [-0.3, -0.25) is 0 Å². The molecule has 0 aliphatic rings. The van der Waals surface area contributed by atoms with Gasteiger partial charge in [0.15, 0.2) is 0 Å². The monoisotopic (exact) mass is 114 g/mol. The topological polar surface area (TPSA) is 72.4 Å². The van der Waals surface area contributed by atoms with Crippen LogP contribution in [0.2, 0.25) is 0 Å². The average Bonchev–Trinajstić information content (AvgIpc) is 1.68. The summed E-state index contributed by atoms with van der Waals surface area (Å²) in [6, 6.07) is 0. The molecule has 0 radical (unpaired) electrons. The summed E-state index contributed by atoms with van der Waals surface area (Å²) >= 11 is 0. The summed E-state index contributed by atoms with van der Waals surface area (Å²) in [5.41, 5.74) is 12.9. The van der Waals surface area contributed by atoms with Gasteiger partial charge in [-0.25, -0.2) is 11.1 Å². The highest BCUT2D eigenvalue weighted by atomic mass is 15.0. The van der Waals surface area contributed by atoms with Gasteiger partial charge in [0.05, 0.1) is 13.1 Å². The minimum Gasteiger partial charge on any atom is -0.210 e. The fourth-order valence-electron chi connectivity index (χ4n) is 0.369. The molecule has 0 spiro atoms. The Labute approximate surface area is 48.3 Å². The van der Waals surface area contributed by atoms with Crippen LogP contribution in [0.4, 0.5) is 0 Å². The molecule has 0 aromatic heterocycles. The Morgan fingerprint density at radius 3 is 1.88 bits per heavy atom. The molecule has 0 saturated carbocycles. The Morgan fingerprint density at radius 2 is 1.62 bits per heavy atom. The molecule has 0 aliphatic carbocycles. The molecule has 2 N–H and O–H groups in total. The molecule has 0 fully saturated rings. The van der Waals surface area contributed by atoms with Gasteiger partial charge in [-0.15, -0.1) is 0 Å². The van der Waals surface area contributed by atoms with Crippen molar-refractivity contribution in [1.29, 1.82) is 11.1 Å². The van der Waals surface area contributed by atoms with Gasteiger partial charge < -0.3 is 0 Å². The molecule has 0 atom stereocenters. The van der Waals surface area contributed by atoms with Crippen LogP contribution in [0.5, 0.6) is 0 Å². The Balaban J connectivity index is 3.16. The van der Waals surface area contributed by atoms with Crippen molar-refractivity contribution in [2.75, 3.05) is 13.1 Å². The van der Waals surface area contributed by atoms with Gasteiger partial charge >= 0.3 is 0 Å². The van der Waals surface area contributed by atoms with Crippen LogP contribution in [0.3, 0.4) is 0 Å². The van der Waals surface area contributed by atoms with Gasteiger partial charge in [-0.05, 0) is 5.92 Å². The summed E-state index contributed by atoms with van der Waals surface area (Å²) in [6.07, 6.45) is 0. The number of nitrogens with zero attached hydrogens (tertiary/aromatic N) is 2. The van der Waals surface area contributed by atoms with Crippen molar-refractivity contribution in [3.63, 3.8) is 0 Å². The van der Waals surface area contributed by atoms with Crippen LogP contribution in [0.1, 0.15) is 6.92 Å². The van der Waals surface area contributed by atoms with Crippen LogP contribution >= 0.6 is 0 Å².